The fourth-order valence-electron chi connectivity index (χ4n) is 2.26. The number of furan rings is 1. The zero-order valence-electron chi connectivity index (χ0n) is 14.1. The van der Waals surface area contributed by atoms with Crippen molar-refractivity contribution in [2.45, 2.75) is 19.9 Å². The van der Waals surface area contributed by atoms with Gasteiger partial charge in [0.25, 0.3) is 5.91 Å². The highest BCUT2D eigenvalue weighted by molar-refractivity contribution is 6.36. The number of halogens is 3. The molecule has 1 aromatic heterocycles. The van der Waals surface area contributed by atoms with Crippen molar-refractivity contribution in [1.82, 2.24) is 4.90 Å². The number of anilines is 1. The first-order valence-electron chi connectivity index (χ1n) is 7.76. The Bertz CT molecular complexity index is 765. The summed E-state index contributed by atoms with van der Waals surface area (Å²) in [5.41, 5.74) is 6.29. The Morgan fingerprint density at radius 3 is 2.58 bits per heavy atom. The largest absolute Gasteiger partial charge is 0.467 e. The van der Waals surface area contributed by atoms with E-state index in [1.807, 2.05) is 6.92 Å². The quantitative estimate of drug-likeness (QED) is 0.709. The number of carbonyl (C=O) groups excluding carboxylic acids is 2. The summed E-state index contributed by atoms with van der Waals surface area (Å²) >= 11 is 11.9. The summed E-state index contributed by atoms with van der Waals surface area (Å²) in [6.45, 7) is 2.46. The smallest absolute Gasteiger partial charge is 0.257 e. The second kappa shape index (κ2) is 10.4. The Kier molecular flexibility index (Phi) is 8.95. The molecule has 3 N–H and O–H groups in total. The zero-order valence-corrected chi connectivity index (χ0v) is 16.5. The third-order valence-corrected chi connectivity index (χ3v) is 3.97. The van der Waals surface area contributed by atoms with Gasteiger partial charge in [-0.3, -0.25) is 9.59 Å². The lowest BCUT2D eigenvalue weighted by molar-refractivity contribution is -0.116. The van der Waals surface area contributed by atoms with E-state index in [-0.39, 0.29) is 37.3 Å². The molecule has 0 spiro atoms. The van der Waals surface area contributed by atoms with Gasteiger partial charge >= 0.3 is 0 Å². The van der Waals surface area contributed by atoms with Crippen molar-refractivity contribution in [3.63, 3.8) is 0 Å². The van der Waals surface area contributed by atoms with E-state index in [1.54, 1.807) is 18.2 Å². The van der Waals surface area contributed by atoms with Crippen LogP contribution in [0.2, 0.25) is 10.0 Å². The molecule has 0 aliphatic rings. The van der Waals surface area contributed by atoms with E-state index >= 15 is 0 Å². The van der Waals surface area contributed by atoms with Crippen LogP contribution in [-0.4, -0.2) is 29.8 Å². The van der Waals surface area contributed by atoms with Crippen LogP contribution in [0.4, 0.5) is 5.69 Å². The van der Waals surface area contributed by atoms with Gasteiger partial charge in [0, 0.05) is 11.6 Å². The molecule has 0 saturated carbocycles. The molecule has 0 aliphatic carbocycles. The Morgan fingerprint density at radius 2 is 2.00 bits per heavy atom. The average Bonchev–Trinajstić information content (AvgIpc) is 3.05. The number of rotatable bonds is 7. The number of hydrogen-bond donors (Lipinski definition) is 2. The van der Waals surface area contributed by atoms with Gasteiger partial charge in [0.15, 0.2) is 0 Å². The highest BCUT2D eigenvalue weighted by Gasteiger charge is 2.20. The van der Waals surface area contributed by atoms with E-state index in [0.29, 0.717) is 40.0 Å². The molecule has 142 valence electrons. The van der Waals surface area contributed by atoms with Gasteiger partial charge in [0.2, 0.25) is 5.91 Å². The van der Waals surface area contributed by atoms with E-state index in [4.69, 9.17) is 33.4 Å². The van der Waals surface area contributed by atoms with Crippen LogP contribution in [0.3, 0.4) is 0 Å². The summed E-state index contributed by atoms with van der Waals surface area (Å²) in [6.07, 6.45) is 2.06. The van der Waals surface area contributed by atoms with Crippen molar-refractivity contribution in [2.75, 3.05) is 18.4 Å². The minimum atomic E-state index is -0.353. The topological polar surface area (TPSA) is 88.6 Å². The molecule has 2 rings (SSSR count). The van der Waals surface area contributed by atoms with Crippen molar-refractivity contribution in [3.8, 4) is 0 Å². The molecule has 2 amide bonds. The summed E-state index contributed by atoms with van der Waals surface area (Å²) in [5.74, 6) is -0.131. The molecule has 0 unspecified atom stereocenters. The number of amides is 2. The van der Waals surface area contributed by atoms with Crippen LogP contribution in [0.15, 0.2) is 34.9 Å². The molecule has 0 radical (unpaired) electrons. The van der Waals surface area contributed by atoms with Gasteiger partial charge in [-0.1, -0.05) is 30.1 Å². The summed E-state index contributed by atoms with van der Waals surface area (Å²) < 4.78 is 5.19. The van der Waals surface area contributed by atoms with Crippen molar-refractivity contribution in [1.29, 1.82) is 0 Å². The third kappa shape index (κ3) is 5.92. The third-order valence-electron chi connectivity index (χ3n) is 3.42. The maximum atomic E-state index is 12.6. The van der Waals surface area contributed by atoms with Crippen molar-refractivity contribution in [2.24, 2.45) is 5.73 Å². The monoisotopic (exact) mass is 419 g/mol. The molecule has 0 saturated heterocycles. The lowest BCUT2D eigenvalue weighted by Gasteiger charge is -2.21. The van der Waals surface area contributed by atoms with Gasteiger partial charge in [-0.25, -0.2) is 0 Å². The predicted molar refractivity (Wildman–Crippen MR) is 105 cm³/mol. The van der Waals surface area contributed by atoms with Crippen LogP contribution < -0.4 is 11.1 Å². The minimum Gasteiger partial charge on any atom is -0.467 e. The fourth-order valence-corrected chi connectivity index (χ4v) is 2.71. The van der Waals surface area contributed by atoms with Crippen molar-refractivity contribution in [3.05, 3.63) is 51.9 Å². The molecular weight excluding hydrogens is 401 g/mol. The summed E-state index contributed by atoms with van der Waals surface area (Å²) in [7, 11) is 0. The van der Waals surface area contributed by atoms with E-state index < -0.39 is 0 Å². The molecule has 9 heteroatoms. The van der Waals surface area contributed by atoms with E-state index in [9.17, 15) is 9.59 Å². The molecule has 1 aromatic carbocycles. The maximum Gasteiger partial charge on any atom is 0.257 e. The van der Waals surface area contributed by atoms with E-state index in [2.05, 4.69) is 5.32 Å². The number of benzene rings is 1. The summed E-state index contributed by atoms with van der Waals surface area (Å²) in [6, 6.07) is 6.35. The van der Waals surface area contributed by atoms with Gasteiger partial charge in [-0.05, 0) is 30.7 Å². The number of nitrogens with one attached hydrogen (secondary N) is 1. The van der Waals surface area contributed by atoms with Crippen LogP contribution in [0, 0.1) is 0 Å². The van der Waals surface area contributed by atoms with Gasteiger partial charge < -0.3 is 20.4 Å². The highest BCUT2D eigenvalue weighted by Crippen LogP contribution is 2.25. The van der Waals surface area contributed by atoms with Crippen LogP contribution in [-0.2, 0) is 11.3 Å². The normalized spacial score (nSPS) is 10.2. The van der Waals surface area contributed by atoms with Crippen LogP contribution >= 0.6 is 35.6 Å². The standard InChI is InChI=1S/C17H19Cl2N3O3.ClH/c1-2-5-22(17(24)11-6-13(8-20)25-10-11)9-16(23)21-15-4-3-12(18)7-14(15)19;/h3-4,6-7,10H,2,5,8-9,20H2,1H3,(H,21,23);1H. The van der Waals surface area contributed by atoms with Crippen LogP contribution in [0.1, 0.15) is 29.5 Å². The van der Waals surface area contributed by atoms with Crippen LogP contribution in [0.5, 0.6) is 0 Å². The Hall–Kier alpha value is -1.73. The fraction of sp³-hybridized carbons (Fsp3) is 0.294. The maximum absolute atomic E-state index is 12.6. The van der Waals surface area contributed by atoms with Crippen molar-refractivity contribution >= 4 is 53.1 Å². The molecule has 0 fully saturated rings. The molecule has 1 heterocycles. The zero-order chi connectivity index (χ0) is 18.4. The Morgan fingerprint density at radius 1 is 1.27 bits per heavy atom. The van der Waals surface area contributed by atoms with E-state index in [1.165, 1.54) is 17.2 Å². The van der Waals surface area contributed by atoms with Gasteiger partial charge in [-0.15, -0.1) is 12.4 Å². The predicted octanol–water partition coefficient (Wildman–Crippen LogP) is 3.96. The first kappa shape index (κ1) is 22.3. The first-order valence-corrected chi connectivity index (χ1v) is 8.51. The number of nitrogens with zero attached hydrogens (tertiary/aromatic N) is 1. The Labute approximate surface area is 168 Å². The molecule has 0 atom stereocenters. The van der Waals surface area contributed by atoms with Gasteiger partial charge in [-0.2, -0.15) is 0 Å². The second-order valence-corrected chi connectivity index (χ2v) is 6.25. The first-order chi connectivity index (χ1) is 11.9. The van der Waals surface area contributed by atoms with Gasteiger partial charge in [0.05, 0.1) is 22.8 Å². The highest BCUT2D eigenvalue weighted by atomic mass is 35.5. The summed E-state index contributed by atoms with van der Waals surface area (Å²) in [5, 5.41) is 3.49. The van der Waals surface area contributed by atoms with Gasteiger partial charge in [0.1, 0.15) is 18.6 Å². The second-order valence-electron chi connectivity index (χ2n) is 5.40. The Balaban J connectivity index is 0.00000338. The molecule has 0 bridgehead atoms. The molecule has 0 aliphatic heterocycles. The molecule has 2 aromatic rings. The lowest BCUT2D eigenvalue weighted by Crippen LogP contribution is -2.38. The summed E-state index contributed by atoms with van der Waals surface area (Å²) in [4.78, 5) is 26.3. The number of hydrogen-bond acceptors (Lipinski definition) is 4. The van der Waals surface area contributed by atoms with E-state index in [0.717, 1.165) is 0 Å². The molecular formula is C17H20Cl3N3O3. The molecule has 6 nitrogen and oxygen atoms in total. The van der Waals surface area contributed by atoms with Crippen LogP contribution in [0.25, 0.3) is 0 Å². The number of nitrogens with two attached hydrogens (primary N) is 1. The molecule has 26 heavy (non-hydrogen) atoms. The minimum absolute atomic E-state index is 0. The number of carbonyl (C=O) groups is 2. The average molecular weight is 421 g/mol. The SMILES string of the molecule is CCCN(CC(=O)Nc1ccc(Cl)cc1Cl)C(=O)c1coc(CN)c1.Cl. The van der Waals surface area contributed by atoms with Crippen molar-refractivity contribution < 1.29 is 14.0 Å². The lowest BCUT2D eigenvalue weighted by atomic mass is 10.2.